The number of halogens is 1. The predicted molar refractivity (Wildman–Crippen MR) is 133 cm³/mol. The molecule has 0 aliphatic heterocycles. The highest BCUT2D eigenvalue weighted by atomic mass is 35.5. The van der Waals surface area contributed by atoms with Crippen molar-refractivity contribution >= 4 is 33.3 Å². The summed E-state index contributed by atoms with van der Waals surface area (Å²) in [5.41, 5.74) is -1.87. The van der Waals surface area contributed by atoms with Crippen LogP contribution >= 0.6 is 11.6 Å². The molecule has 1 amide bonds. The average Bonchev–Trinajstić information content (AvgIpc) is 2.72. The van der Waals surface area contributed by atoms with E-state index in [9.17, 15) is 18.0 Å². The molecule has 0 spiro atoms. The van der Waals surface area contributed by atoms with Gasteiger partial charge in [-0.25, -0.2) is 8.42 Å². The summed E-state index contributed by atoms with van der Waals surface area (Å²) in [7, 11) is -3.97. The Morgan fingerprint density at radius 2 is 1.68 bits per heavy atom. The third-order valence-corrected chi connectivity index (χ3v) is 10.6. The minimum absolute atomic E-state index is 0.0314. The lowest BCUT2D eigenvalue weighted by Gasteiger charge is -2.62. The lowest BCUT2D eigenvalue weighted by atomic mass is 9.43. The van der Waals surface area contributed by atoms with E-state index in [1.165, 1.54) is 12.1 Å². The van der Waals surface area contributed by atoms with Gasteiger partial charge in [0.1, 0.15) is 4.90 Å². The van der Waals surface area contributed by atoms with Gasteiger partial charge >= 0.3 is 0 Å². The highest BCUT2D eigenvalue weighted by Gasteiger charge is 2.61. The number of rotatable bonds is 9. The Kier molecular flexibility index (Phi) is 6.71. The van der Waals surface area contributed by atoms with Gasteiger partial charge in [0.05, 0.1) is 16.0 Å². The van der Waals surface area contributed by atoms with Gasteiger partial charge in [-0.2, -0.15) is 4.72 Å². The van der Waals surface area contributed by atoms with Gasteiger partial charge in [0.2, 0.25) is 15.9 Å². The van der Waals surface area contributed by atoms with Gasteiger partial charge in [0, 0.05) is 19.5 Å². The molecule has 4 bridgehead atoms. The second kappa shape index (κ2) is 8.90. The van der Waals surface area contributed by atoms with Crippen LogP contribution in [0.5, 0.6) is 0 Å². The topological polar surface area (TPSA) is 83.6 Å². The second-order valence-corrected chi connectivity index (χ2v) is 13.5. The maximum Gasteiger partial charge on any atom is 0.242 e. The first-order valence-corrected chi connectivity index (χ1v) is 14.3. The van der Waals surface area contributed by atoms with E-state index in [0.717, 1.165) is 38.5 Å². The molecule has 4 aliphatic carbocycles. The standard InChI is InChI=1S/C26H37ClN2O4S/c1-5-29(6-2)23(31)26-14-18-11-19(15-26)13-25(12-18,17-26)16-22(30)24(3,4)28-34(32,33)21-10-8-7-9-20(21)27/h7-10,18-19,28H,5-6,11-17H2,1-4H3. The minimum Gasteiger partial charge on any atom is -0.343 e. The summed E-state index contributed by atoms with van der Waals surface area (Å²) in [5.74, 6) is 1.06. The lowest BCUT2D eigenvalue weighted by Crippen LogP contribution is -2.59. The molecule has 2 atom stereocenters. The van der Waals surface area contributed by atoms with E-state index in [0.29, 0.717) is 31.3 Å². The third kappa shape index (κ3) is 4.56. The maximum absolute atomic E-state index is 13.6. The number of hydrogen-bond donors (Lipinski definition) is 1. The van der Waals surface area contributed by atoms with Crippen LogP contribution in [0.3, 0.4) is 0 Å². The molecule has 1 aromatic rings. The number of carbonyl (C=O) groups excluding carboxylic acids is 2. The summed E-state index contributed by atoms with van der Waals surface area (Å²) >= 11 is 6.12. The molecule has 188 valence electrons. The molecule has 4 fully saturated rings. The molecule has 4 aliphatic rings. The number of carbonyl (C=O) groups is 2. The highest BCUT2D eigenvalue weighted by Crippen LogP contribution is 2.67. The smallest absolute Gasteiger partial charge is 0.242 e. The number of benzene rings is 1. The van der Waals surface area contributed by atoms with Crippen LogP contribution in [-0.2, 0) is 19.6 Å². The number of hydrogen-bond acceptors (Lipinski definition) is 4. The summed E-state index contributed by atoms with van der Waals surface area (Å²) < 4.78 is 28.6. The van der Waals surface area contributed by atoms with Crippen molar-refractivity contribution in [1.82, 2.24) is 9.62 Å². The van der Waals surface area contributed by atoms with Gasteiger partial charge < -0.3 is 4.90 Å². The molecular weight excluding hydrogens is 472 g/mol. The zero-order valence-corrected chi connectivity index (χ0v) is 22.3. The summed E-state index contributed by atoms with van der Waals surface area (Å²) in [5, 5.41) is 0.121. The predicted octanol–water partition coefficient (Wildman–Crippen LogP) is 4.81. The van der Waals surface area contributed by atoms with E-state index < -0.39 is 15.6 Å². The van der Waals surface area contributed by atoms with E-state index in [1.807, 2.05) is 18.7 Å². The largest absolute Gasteiger partial charge is 0.343 e. The quantitative estimate of drug-likeness (QED) is 0.518. The Hall–Kier alpha value is -1.44. The summed E-state index contributed by atoms with van der Waals surface area (Å²) in [6, 6.07) is 6.23. The normalized spacial score (nSPS) is 30.4. The number of ketones is 1. The minimum atomic E-state index is -3.97. The van der Waals surface area contributed by atoms with Crippen molar-refractivity contribution in [1.29, 1.82) is 0 Å². The Labute approximate surface area is 208 Å². The summed E-state index contributed by atoms with van der Waals surface area (Å²) in [6.07, 6.45) is 5.94. The van der Waals surface area contributed by atoms with Gasteiger partial charge in [-0.15, -0.1) is 0 Å². The molecule has 0 radical (unpaired) electrons. The monoisotopic (exact) mass is 508 g/mol. The van der Waals surface area contributed by atoms with E-state index in [4.69, 9.17) is 11.6 Å². The van der Waals surface area contributed by atoms with Crippen LogP contribution in [0.1, 0.15) is 72.6 Å². The molecule has 1 aromatic carbocycles. The number of Topliss-reactive ketones (excluding diaryl/α,β-unsaturated/α-hetero) is 1. The van der Waals surface area contributed by atoms with Crippen LogP contribution in [-0.4, -0.2) is 43.6 Å². The molecule has 6 nitrogen and oxygen atoms in total. The van der Waals surface area contributed by atoms with Crippen molar-refractivity contribution in [3.05, 3.63) is 29.3 Å². The van der Waals surface area contributed by atoms with Gasteiger partial charge in [-0.3, -0.25) is 9.59 Å². The molecule has 8 heteroatoms. The number of nitrogens with one attached hydrogen (secondary N) is 1. The molecular formula is C26H37ClN2O4S. The zero-order chi connectivity index (χ0) is 24.9. The Morgan fingerprint density at radius 1 is 1.09 bits per heavy atom. The van der Waals surface area contributed by atoms with Crippen LogP contribution in [0, 0.1) is 22.7 Å². The molecule has 34 heavy (non-hydrogen) atoms. The van der Waals surface area contributed by atoms with Crippen LogP contribution in [0.15, 0.2) is 29.2 Å². The first-order chi connectivity index (χ1) is 15.9. The van der Waals surface area contributed by atoms with E-state index in [-0.39, 0.29) is 32.4 Å². The molecule has 0 aromatic heterocycles. The maximum atomic E-state index is 13.6. The second-order valence-electron chi connectivity index (χ2n) is 11.5. The third-order valence-electron chi connectivity index (χ3n) is 8.43. The lowest BCUT2D eigenvalue weighted by molar-refractivity contribution is -0.170. The van der Waals surface area contributed by atoms with E-state index >= 15 is 0 Å². The fraction of sp³-hybridized carbons (Fsp3) is 0.692. The van der Waals surface area contributed by atoms with Crippen LogP contribution in [0.4, 0.5) is 0 Å². The molecule has 5 rings (SSSR count). The molecule has 0 heterocycles. The fourth-order valence-corrected chi connectivity index (χ4v) is 9.35. The van der Waals surface area contributed by atoms with Gasteiger partial charge in [-0.05, 0) is 95.6 Å². The number of nitrogens with zero attached hydrogens (tertiary/aromatic N) is 1. The highest BCUT2D eigenvalue weighted by molar-refractivity contribution is 7.89. The van der Waals surface area contributed by atoms with Crippen LogP contribution in [0.25, 0.3) is 0 Å². The van der Waals surface area contributed by atoms with Crippen molar-refractivity contribution in [2.45, 2.75) is 83.1 Å². The number of sulfonamides is 1. The van der Waals surface area contributed by atoms with Crippen molar-refractivity contribution in [3.63, 3.8) is 0 Å². The van der Waals surface area contributed by atoms with E-state index in [1.54, 1.807) is 26.0 Å². The van der Waals surface area contributed by atoms with Crippen LogP contribution < -0.4 is 4.72 Å². The fourth-order valence-electron chi connectivity index (χ4n) is 7.43. The first-order valence-electron chi connectivity index (χ1n) is 12.5. The van der Waals surface area contributed by atoms with Crippen molar-refractivity contribution in [2.75, 3.05) is 13.1 Å². The summed E-state index contributed by atoms with van der Waals surface area (Å²) in [6.45, 7) is 8.70. The Bertz CT molecular complexity index is 1070. The SMILES string of the molecule is CCN(CC)C(=O)C12CC3CC(CC(CC(=O)C(C)(C)NS(=O)(=O)c4ccccc4Cl)(C3)C1)C2. The average molecular weight is 509 g/mol. The van der Waals surface area contributed by atoms with E-state index in [2.05, 4.69) is 4.72 Å². The Balaban J connectivity index is 1.55. The van der Waals surface area contributed by atoms with Crippen LogP contribution in [0.2, 0.25) is 5.02 Å². The molecule has 0 saturated heterocycles. The molecule has 4 saturated carbocycles. The number of amides is 1. The first kappa shape index (κ1) is 25.6. The molecule has 1 N–H and O–H groups in total. The summed E-state index contributed by atoms with van der Waals surface area (Å²) in [4.78, 5) is 29.1. The Morgan fingerprint density at radius 3 is 2.24 bits per heavy atom. The zero-order valence-electron chi connectivity index (χ0n) is 20.7. The van der Waals surface area contributed by atoms with Crippen molar-refractivity contribution in [2.24, 2.45) is 22.7 Å². The van der Waals surface area contributed by atoms with Gasteiger partial charge in [0.15, 0.2) is 5.78 Å². The van der Waals surface area contributed by atoms with Crippen molar-refractivity contribution in [3.8, 4) is 0 Å². The van der Waals surface area contributed by atoms with Crippen molar-refractivity contribution < 1.29 is 18.0 Å². The molecule has 2 unspecified atom stereocenters. The van der Waals surface area contributed by atoms with Gasteiger partial charge in [0.25, 0.3) is 0 Å². The van der Waals surface area contributed by atoms with Gasteiger partial charge in [-0.1, -0.05) is 23.7 Å².